The molecule has 0 radical (unpaired) electrons. The molecule has 33 heavy (non-hydrogen) atoms. The van der Waals surface area contributed by atoms with Crippen molar-refractivity contribution < 1.29 is 23.4 Å². The molecule has 0 spiro atoms. The van der Waals surface area contributed by atoms with Gasteiger partial charge in [0.05, 0.1) is 26.4 Å². The molecule has 0 aliphatic carbocycles. The first-order valence-corrected chi connectivity index (χ1v) is 10.7. The number of carbonyl (C=O) groups is 1. The third-order valence-corrected chi connectivity index (χ3v) is 5.09. The lowest BCUT2D eigenvalue weighted by Gasteiger charge is -2.11. The van der Waals surface area contributed by atoms with E-state index in [1.54, 1.807) is 50.6 Å². The maximum Gasteiger partial charge on any atom is 0.231 e. The van der Waals surface area contributed by atoms with Gasteiger partial charge >= 0.3 is 0 Å². The van der Waals surface area contributed by atoms with Crippen molar-refractivity contribution >= 4 is 28.5 Å². The number of rotatable bonds is 9. The van der Waals surface area contributed by atoms with E-state index in [9.17, 15) is 4.79 Å². The van der Waals surface area contributed by atoms with Gasteiger partial charge in [-0.1, -0.05) is 31.2 Å². The maximum atomic E-state index is 13.6. The fourth-order valence-electron chi connectivity index (χ4n) is 3.47. The molecule has 168 valence electrons. The van der Waals surface area contributed by atoms with E-state index in [4.69, 9.17) is 18.6 Å². The Balaban J connectivity index is 1.81. The Morgan fingerprint density at radius 2 is 1.76 bits per heavy atom. The summed E-state index contributed by atoms with van der Waals surface area (Å²) < 4.78 is 22.6. The smallest absolute Gasteiger partial charge is 0.231 e. The molecule has 0 aliphatic rings. The summed E-state index contributed by atoms with van der Waals surface area (Å²) in [4.78, 5) is 18.2. The molecular weight excluding hydrogens is 418 g/mol. The van der Waals surface area contributed by atoms with E-state index in [2.05, 4.69) is 4.98 Å². The highest BCUT2D eigenvalue weighted by atomic mass is 16.5. The zero-order valence-corrected chi connectivity index (χ0v) is 18.8. The number of ketones is 1. The lowest BCUT2D eigenvalue weighted by Crippen LogP contribution is -2.04. The predicted octanol–water partition coefficient (Wildman–Crippen LogP) is 6.06. The number of benzene rings is 3. The first kappa shape index (κ1) is 22.1. The number of para-hydroxylation sites is 3. The fourth-order valence-corrected chi connectivity index (χ4v) is 3.47. The van der Waals surface area contributed by atoms with Crippen molar-refractivity contribution in [1.29, 1.82) is 0 Å². The molecule has 0 atom stereocenters. The quantitative estimate of drug-likeness (QED) is 0.231. The van der Waals surface area contributed by atoms with Gasteiger partial charge in [-0.3, -0.25) is 4.79 Å². The highest BCUT2D eigenvalue weighted by molar-refractivity contribution is 6.31. The van der Waals surface area contributed by atoms with E-state index in [-0.39, 0.29) is 11.7 Å². The number of Topliss-reactive ketones (excluding diaryl/α,β-unsaturated/α-hetero) is 1. The van der Waals surface area contributed by atoms with Crippen LogP contribution in [0.4, 0.5) is 0 Å². The van der Waals surface area contributed by atoms with Crippen molar-refractivity contribution in [2.45, 2.75) is 13.3 Å². The molecule has 4 rings (SSSR count). The zero-order chi connectivity index (χ0) is 23.2. The summed E-state index contributed by atoms with van der Waals surface area (Å²) in [6.07, 6.45) is 2.63. The lowest BCUT2D eigenvalue weighted by atomic mass is 10.00. The average molecular weight is 443 g/mol. The first-order valence-electron chi connectivity index (χ1n) is 10.7. The number of aromatic nitrogens is 1. The minimum absolute atomic E-state index is 0.228. The zero-order valence-electron chi connectivity index (χ0n) is 18.8. The molecule has 0 unspecified atom stereocenters. The van der Waals surface area contributed by atoms with Crippen molar-refractivity contribution in [3.05, 3.63) is 83.7 Å². The van der Waals surface area contributed by atoms with Crippen LogP contribution in [0, 0.1) is 0 Å². The molecule has 6 nitrogen and oxygen atoms in total. The maximum absolute atomic E-state index is 13.6. The van der Waals surface area contributed by atoms with E-state index in [0.717, 1.165) is 12.2 Å². The highest BCUT2D eigenvalue weighted by Gasteiger charge is 2.22. The number of hydrogen-bond donors (Lipinski definition) is 0. The Morgan fingerprint density at radius 3 is 2.45 bits per heavy atom. The standard InChI is InChI=1S/C27H25NO5/c1-4-16-32-20-14-12-18(13-15-20)25(29)21(27-28-22-9-5-6-10-23(22)33-27)17-19-8-7-11-24(30-2)26(19)31-3/h5-15,17H,4,16H2,1-3H3. The molecular formula is C27H25NO5. The van der Waals surface area contributed by atoms with E-state index in [1.807, 2.05) is 43.3 Å². The predicted molar refractivity (Wildman–Crippen MR) is 128 cm³/mol. The number of fused-ring (bicyclic) bond motifs is 1. The molecule has 3 aromatic carbocycles. The molecule has 1 heterocycles. The number of carbonyl (C=O) groups excluding carboxylic acids is 1. The van der Waals surface area contributed by atoms with Crippen LogP contribution in [0.3, 0.4) is 0 Å². The molecule has 1 aromatic heterocycles. The van der Waals surface area contributed by atoms with Crippen LogP contribution >= 0.6 is 0 Å². The number of allylic oxidation sites excluding steroid dienone is 1. The summed E-state index contributed by atoms with van der Waals surface area (Å²) in [7, 11) is 3.13. The van der Waals surface area contributed by atoms with Gasteiger partial charge in [0.25, 0.3) is 0 Å². The normalized spacial score (nSPS) is 11.4. The van der Waals surface area contributed by atoms with E-state index < -0.39 is 0 Å². The average Bonchev–Trinajstić information content (AvgIpc) is 3.29. The number of methoxy groups -OCH3 is 2. The SMILES string of the molecule is CCCOc1ccc(C(=O)C(=Cc2cccc(OC)c2OC)c2nc3ccccc3o2)cc1. The van der Waals surface area contributed by atoms with Gasteiger partial charge in [-0.15, -0.1) is 0 Å². The highest BCUT2D eigenvalue weighted by Crippen LogP contribution is 2.34. The van der Waals surface area contributed by atoms with Gasteiger partial charge in [-0.05, 0) is 55.0 Å². The molecule has 0 saturated heterocycles. The summed E-state index contributed by atoms with van der Waals surface area (Å²) in [5.74, 6) is 1.80. The van der Waals surface area contributed by atoms with Crippen molar-refractivity contribution in [3.63, 3.8) is 0 Å². The number of hydrogen-bond acceptors (Lipinski definition) is 6. The monoisotopic (exact) mass is 443 g/mol. The van der Waals surface area contributed by atoms with Gasteiger partial charge in [0, 0.05) is 11.1 Å². The lowest BCUT2D eigenvalue weighted by molar-refractivity contribution is 0.105. The molecule has 0 fully saturated rings. The van der Waals surface area contributed by atoms with Gasteiger partial charge in [0.2, 0.25) is 5.89 Å². The van der Waals surface area contributed by atoms with Crippen LogP contribution in [-0.4, -0.2) is 31.6 Å². The number of nitrogens with zero attached hydrogens (tertiary/aromatic N) is 1. The van der Waals surface area contributed by atoms with Crippen LogP contribution in [0.5, 0.6) is 17.2 Å². The summed E-state index contributed by atoms with van der Waals surface area (Å²) in [6, 6.07) is 19.9. The van der Waals surface area contributed by atoms with Crippen molar-refractivity contribution in [1.82, 2.24) is 4.98 Å². The second kappa shape index (κ2) is 10.0. The molecule has 0 N–H and O–H groups in total. The summed E-state index contributed by atoms with van der Waals surface area (Å²) >= 11 is 0. The minimum Gasteiger partial charge on any atom is -0.494 e. The van der Waals surface area contributed by atoms with Gasteiger partial charge in [0.1, 0.15) is 11.3 Å². The summed E-state index contributed by atoms with van der Waals surface area (Å²) in [5, 5.41) is 0. The Kier molecular flexibility index (Phi) is 6.74. The van der Waals surface area contributed by atoms with E-state index in [0.29, 0.717) is 45.9 Å². The third kappa shape index (κ3) is 4.75. The van der Waals surface area contributed by atoms with Crippen molar-refractivity contribution in [3.8, 4) is 17.2 Å². The second-order valence-corrected chi connectivity index (χ2v) is 7.33. The Bertz CT molecular complexity index is 1250. The van der Waals surface area contributed by atoms with Crippen LogP contribution in [0.1, 0.15) is 35.2 Å². The van der Waals surface area contributed by atoms with Crippen LogP contribution in [-0.2, 0) is 0 Å². The van der Waals surface area contributed by atoms with Gasteiger partial charge < -0.3 is 18.6 Å². The Morgan fingerprint density at radius 1 is 0.970 bits per heavy atom. The third-order valence-electron chi connectivity index (χ3n) is 5.09. The fraction of sp³-hybridized carbons (Fsp3) is 0.185. The van der Waals surface area contributed by atoms with Crippen LogP contribution in [0.25, 0.3) is 22.7 Å². The van der Waals surface area contributed by atoms with E-state index in [1.165, 1.54) is 0 Å². The number of oxazole rings is 1. The molecule has 0 amide bonds. The van der Waals surface area contributed by atoms with Crippen molar-refractivity contribution in [2.75, 3.05) is 20.8 Å². The van der Waals surface area contributed by atoms with Crippen LogP contribution in [0.2, 0.25) is 0 Å². The van der Waals surface area contributed by atoms with E-state index >= 15 is 0 Å². The Hall–Kier alpha value is -4.06. The van der Waals surface area contributed by atoms with Gasteiger partial charge in [-0.25, -0.2) is 4.98 Å². The van der Waals surface area contributed by atoms with Gasteiger partial charge in [0.15, 0.2) is 22.9 Å². The molecule has 0 aliphatic heterocycles. The molecule has 6 heteroatoms. The Labute approximate surface area is 192 Å². The van der Waals surface area contributed by atoms with Crippen LogP contribution < -0.4 is 14.2 Å². The molecule has 0 saturated carbocycles. The summed E-state index contributed by atoms with van der Waals surface area (Å²) in [6.45, 7) is 2.67. The topological polar surface area (TPSA) is 70.8 Å². The largest absolute Gasteiger partial charge is 0.494 e. The number of ether oxygens (including phenoxy) is 3. The first-order chi connectivity index (χ1) is 16.1. The van der Waals surface area contributed by atoms with Gasteiger partial charge in [-0.2, -0.15) is 0 Å². The molecule has 4 aromatic rings. The summed E-state index contributed by atoms with van der Waals surface area (Å²) in [5.41, 5.74) is 2.75. The molecule has 0 bridgehead atoms. The minimum atomic E-state index is -0.228. The van der Waals surface area contributed by atoms with Crippen molar-refractivity contribution in [2.24, 2.45) is 0 Å². The second-order valence-electron chi connectivity index (χ2n) is 7.33. The van der Waals surface area contributed by atoms with Crippen LogP contribution in [0.15, 0.2) is 71.1 Å².